The molecule has 0 aliphatic carbocycles. The van der Waals surface area contributed by atoms with Gasteiger partial charge in [0.2, 0.25) is 5.91 Å². The molecule has 0 fully saturated rings. The third-order valence-electron chi connectivity index (χ3n) is 4.38. The number of benzene rings is 3. The van der Waals surface area contributed by atoms with Crippen LogP contribution in [0.25, 0.3) is 10.8 Å². The maximum atomic E-state index is 13.6. The number of carbonyl (C=O) groups is 2. The minimum atomic E-state index is -0.619. The van der Waals surface area contributed by atoms with Crippen LogP contribution in [0, 0.1) is 18.2 Å². The number of hydrogen-bond donors (Lipinski definition) is 2. The quantitative estimate of drug-likeness (QED) is 0.335. The van der Waals surface area contributed by atoms with E-state index in [4.69, 9.17) is 11.2 Å². The van der Waals surface area contributed by atoms with Gasteiger partial charge < -0.3 is 10.1 Å². The summed E-state index contributed by atoms with van der Waals surface area (Å²) in [7, 11) is 0. The molecule has 0 saturated heterocycles. The molecule has 6 nitrogen and oxygen atoms in total. The predicted molar refractivity (Wildman–Crippen MR) is 117 cm³/mol. The Morgan fingerprint density at radius 3 is 2.68 bits per heavy atom. The molecule has 0 aliphatic heterocycles. The highest BCUT2D eigenvalue weighted by Gasteiger charge is 2.11. The summed E-state index contributed by atoms with van der Waals surface area (Å²) in [5.41, 5.74) is 3.02. The molecule has 7 heteroatoms. The van der Waals surface area contributed by atoms with E-state index in [-0.39, 0.29) is 25.1 Å². The van der Waals surface area contributed by atoms with E-state index in [9.17, 15) is 14.0 Å². The van der Waals surface area contributed by atoms with E-state index in [1.54, 1.807) is 12.1 Å². The van der Waals surface area contributed by atoms with Crippen LogP contribution in [0.3, 0.4) is 0 Å². The molecule has 0 radical (unpaired) electrons. The lowest BCUT2D eigenvalue weighted by molar-refractivity contribution is -0.120. The molecule has 0 spiro atoms. The first-order chi connectivity index (χ1) is 15.1. The van der Waals surface area contributed by atoms with Gasteiger partial charge in [0.1, 0.15) is 18.2 Å². The second kappa shape index (κ2) is 10.6. The van der Waals surface area contributed by atoms with E-state index in [2.05, 4.69) is 21.8 Å². The summed E-state index contributed by atoms with van der Waals surface area (Å²) in [5, 5.41) is 8.39. The van der Waals surface area contributed by atoms with Crippen LogP contribution in [0.2, 0.25) is 0 Å². The Bertz CT molecular complexity index is 1170. The van der Waals surface area contributed by atoms with Crippen LogP contribution in [-0.2, 0) is 4.79 Å². The summed E-state index contributed by atoms with van der Waals surface area (Å²) in [6.07, 6.45) is 6.75. The summed E-state index contributed by atoms with van der Waals surface area (Å²) < 4.78 is 19.2. The summed E-state index contributed by atoms with van der Waals surface area (Å²) in [4.78, 5) is 24.0. The van der Waals surface area contributed by atoms with E-state index in [1.165, 1.54) is 24.4 Å². The zero-order valence-electron chi connectivity index (χ0n) is 16.6. The van der Waals surface area contributed by atoms with Gasteiger partial charge in [-0.15, -0.1) is 6.42 Å². The summed E-state index contributed by atoms with van der Waals surface area (Å²) in [6.45, 7) is 0.145. The van der Waals surface area contributed by atoms with Crippen LogP contribution in [0.1, 0.15) is 22.3 Å². The molecular weight excluding hydrogens is 397 g/mol. The van der Waals surface area contributed by atoms with Crippen molar-refractivity contribution in [3.8, 4) is 18.1 Å². The Morgan fingerprint density at radius 2 is 1.87 bits per heavy atom. The number of hydrogen-bond acceptors (Lipinski definition) is 4. The average molecular weight is 417 g/mol. The van der Waals surface area contributed by atoms with Crippen molar-refractivity contribution >= 4 is 28.8 Å². The number of nitrogens with zero attached hydrogens (tertiary/aromatic N) is 1. The fourth-order valence-corrected chi connectivity index (χ4v) is 2.91. The van der Waals surface area contributed by atoms with Crippen LogP contribution in [0.5, 0.6) is 5.75 Å². The SMILES string of the molecule is C#CCOc1ccc2ccccc2c1C=NNC(=O)CCNC(=O)c1ccccc1F. The number of nitrogens with one attached hydrogen (secondary N) is 2. The lowest BCUT2D eigenvalue weighted by Crippen LogP contribution is -2.29. The van der Waals surface area contributed by atoms with Crippen molar-refractivity contribution in [3.63, 3.8) is 0 Å². The molecule has 2 amide bonds. The van der Waals surface area contributed by atoms with Crippen molar-refractivity contribution in [3.05, 3.63) is 77.6 Å². The molecule has 0 unspecified atom stereocenters. The second-order valence-corrected chi connectivity index (χ2v) is 6.47. The molecule has 31 heavy (non-hydrogen) atoms. The standard InChI is InChI=1S/C24H20FN3O3/c1-2-15-31-22-12-11-17-7-3-4-8-18(17)20(22)16-27-28-23(29)13-14-26-24(30)19-9-5-6-10-21(19)25/h1,3-12,16H,13-15H2,(H,26,30)(H,28,29). The second-order valence-electron chi connectivity index (χ2n) is 6.47. The van der Waals surface area contributed by atoms with Crippen molar-refractivity contribution in [2.75, 3.05) is 13.2 Å². The Kier molecular flexibility index (Phi) is 7.33. The molecule has 0 atom stereocenters. The first-order valence-electron chi connectivity index (χ1n) is 9.53. The Morgan fingerprint density at radius 1 is 1.10 bits per heavy atom. The molecule has 0 heterocycles. The third kappa shape index (κ3) is 5.67. The summed E-state index contributed by atoms with van der Waals surface area (Å²) in [5.74, 6) is 1.36. The van der Waals surface area contributed by atoms with E-state index in [0.717, 1.165) is 10.8 Å². The summed E-state index contributed by atoms with van der Waals surface area (Å²) >= 11 is 0. The highest BCUT2D eigenvalue weighted by Crippen LogP contribution is 2.26. The van der Waals surface area contributed by atoms with Gasteiger partial charge >= 0.3 is 0 Å². The molecule has 3 aromatic carbocycles. The van der Waals surface area contributed by atoms with Gasteiger partial charge in [-0.25, -0.2) is 9.82 Å². The molecule has 3 aromatic rings. The number of hydrazone groups is 1. The van der Waals surface area contributed by atoms with Gasteiger partial charge in [0.15, 0.2) is 0 Å². The van der Waals surface area contributed by atoms with Crippen LogP contribution in [0.4, 0.5) is 4.39 Å². The van der Waals surface area contributed by atoms with E-state index >= 15 is 0 Å². The number of amides is 2. The molecule has 156 valence electrons. The number of terminal acetylenes is 1. The lowest BCUT2D eigenvalue weighted by atomic mass is 10.0. The lowest BCUT2D eigenvalue weighted by Gasteiger charge is -2.10. The van der Waals surface area contributed by atoms with Crippen molar-refractivity contribution in [1.82, 2.24) is 10.7 Å². The molecular formula is C24H20FN3O3. The number of carbonyl (C=O) groups excluding carboxylic acids is 2. The topological polar surface area (TPSA) is 79.8 Å². The highest BCUT2D eigenvalue weighted by atomic mass is 19.1. The maximum Gasteiger partial charge on any atom is 0.254 e. The fourth-order valence-electron chi connectivity index (χ4n) is 2.91. The smallest absolute Gasteiger partial charge is 0.254 e. The van der Waals surface area contributed by atoms with Crippen molar-refractivity contribution < 1.29 is 18.7 Å². The van der Waals surface area contributed by atoms with Crippen molar-refractivity contribution in [2.45, 2.75) is 6.42 Å². The monoisotopic (exact) mass is 417 g/mol. The number of rotatable bonds is 8. The van der Waals surface area contributed by atoms with Gasteiger partial charge in [0, 0.05) is 18.5 Å². The number of ether oxygens (including phenoxy) is 1. The number of halogens is 1. The molecule has 2 N–H and O–H groups in total. The predicted octanol–water partition coefficient (Wildman–Crippen LogP) is 3.26. The van der Waals surface area contributed by atoms with Gasteiger partial charge in [-0.2, -0.15) is 5.10 Å². The molecule has 0 saturated carbocycles. The normalized spacial score (nSPS) is 10.6. The third-order valence-corrected chi connectivity index (χ3v) is 4.38. The Labute approximate surface area is 179 Å². The van der Waals surface area contributed by atoms with Crippen molar-refractivity contribution in [1.29, 1.82) is 0 Å². The zero-order valence-corrected chi connectivity index (χ0v) is 16.6. The van der Waals surface area contributed by atoms with E-state index in [0.29, 0.717) is 11.3 Å². The van der Waals surface area contributed by atoms with Crippen LogP contribution in [0.15, 0.2) is 65.8 Å². The van der Waals surface area contributed by atoms with Gasteiger partial charge in [-0.05, 0) is 29.0 Å². The Balaban J connectivity index is 1.59. The molecule has 0 bridgehead atoms. The average Bonchev–Trinajstić information content (AvgIpc) is 2.78. The largest absolute Gasteiger partial charge is 0.480 e. The fraction of sp³-hybridized carbons (Fsp3) is 0.125. The van der Waals surface area contributed by atoms with Crippen LogP contribution < -0.4 is 15.5 Å². The minimum absolute atomic E-state index is 0.0203. The Hall–Kier alpha value is -4.18. The minimum Gasteiger partial charge on any atom is -0.480 e. The van der Waals surface area contributed by atoms with Gasteiger partial charge in [-0.3, -0.25) is 9.59 Å². The molecule has 0 aliphatic rings. The van der Waals surface area contributed by atoms with Crippen molar-refractivity contribution in [2.24, 2.45) is 5.10 Å². The number of fused-ring (bicyclic) bond motifs is 1. The van der Waals surface area contributed by atoms with Gasteiger partial charge in [0.05, 0.1) is 11.8 Å². The summed E-state index contributed by atoms with van der Waals surface area (Å²) in [6, 6.07) is 17.0. The first kappa shape index (κ1) is 21.5. The van der Waals surface area contributed by atoms with Crippen LogP contribution >= 0.6 is 0 Å². The highest BCUT2D eigenvalue weighted by molar-refractivity contribution is 6.02. The van der Waals surface area contributed by atoms with E-state index < -0.39 is 17.6 Å². The molecule has 3 rings (SSSR count). The first-order valence-corrected chi connectivity index (χ1v) is 9.53. The van der Waals surface area contributed by atoms with E-state index in [1.807, 2.05) is 30.3 Å². The van der Waals surface area contributed by atoms with Gasteiger partial charge in [0.25, 0.3) is 5.91 Å². The maximum absolute atomic E-state index is 13.6. The van der Waals surface area contributed by atoms with Gasteiger partial charge in [-0.1, -0.05) is 48.4 Å². The molecule has 0 aromatic heterocycles. The zero-order chi connectivity index (χ0) is 22.1. The van der Waals surface area contributed by atoms with Crippen LogP contribution in [-0.4, -0.2) is 31.2 Å².